The number of fused-ring (bicyclic) bond motifs is 1. The molecule has 25 heavy (non-hydrogen) atoms. The van der Waals surface area contributed by atoms with E-state index >= 15 is 0 Å². The number of benzene rings is 1. The van der Waals surface area contributed by atoms with Gasteiger partial charge in [0.1, 0.15) is 12.1 Å². The van der Waals surface area contributed by atoms with Crippen LogP contribution in [0.3, 0.4) is 0 Å². The zero-order chi connectivity index (χ0) is 18.2. The SMILES string of the molecule is Nc1nc(Cl)nc2c1cnn2Cc1ccc(C(F)(F)F)c(CC=O)c1. The van der Waals surface area contributed by atoms with Crippen LogP contribution in [0.15, 0.2) is 24.4 Å². The van der Waals surface area contributed by atoms with E-state index in [-0.39, 0.29) is 29.6 Å². The van der Waals surface area contributed by atoms with Crippen LogP contribution in [0.1, 0.15) is 16.7 Å². The van der Waals surface area contributed by atoms with Gasteiger partial charge in [-0.05, 0) is 28.8 Å². The van der Waals surface area contributed by atoms with E-state index in [0.717, 1.165) is 6.07 Å². The fourth-order valence-corrected chi connectivity index (χ4v) is 2.69. The first-order valence-corrected chi connectivity index (χ1v) is 7.44. The molecule has 0 aliphatic rings. The topological polar surface area (TPSA) is 86.7 Å². The highest BCUT2D eigenvalue weighted by molar-refractivity contribution is 6.28. The van der Waals surface area contributed by atoms with Crippen molar-refractivity contribution in [1.82, 2.24) is 19.7 Å². The Morgan fingerprint density at radius 3 is 2.72 bits per heavy atom. The van der Waals surface area contributed by atoms with Gasteiger partial charge in [0.2, 0.25) is 5.28 Å². The van der Waals surface area contributed by atoms with Crippen molar-refractivity contribution >= 4 is 34.7 Å². The lowest BCUT2D eigenvalue weighted by atomic mass is 10.0. The van der Waals surface area contributed by atoms with Crippen LogP contribution in [-0.4, -0.2) is 26.0 Å². The Morgan fingerprint density at radius 2 is 2.04 bits per heavy atom. The molecule has 2 heterocycles. The van der Waals surface area contributed by atoms with E-state index in [1.807, 2.05) is 0 Å². The summed E-state index contributed by atoms with van der Waals surface area (Å²) in [5, 5.41) is 4.56. The second-order valence-electron chi connectivity index (χ2n) is 5.28. The molecule has 0 unspecified atom stereocenters. The van der Waals surface area contributed by atoms with Gasteiger partial charge in [-0.3, -0.25) is 0 Å². The standard InChI is InChI=1S/C15H11ClF3N5O/c16-14-22-12(20)10-6-21-24(13(10)23-14)7-8-1-2-11(15(17,18)19)9(5-8)3-4-25/h1-2,4-6H,3,7H2,(H2,20,22,23). The minimum atomic E-state index is -4.52. The first-order chi connectivity index (χ1) is 11.8. The molecule has 2 N–H and O–H groups in total. The summed E-state index contributed by atoms with van der Waals surface area (Å²) in [4.78, 5) is 18.6. The Hall–Kier alpha value is -2.68. The van der Waals surface area contributed by atoms with Crippen molar-refractivity contribution in [3.63, 3.8) is 0 Å². The van der Waals surface area contributed by atoms with Gasteiger partial charge in [-0.2, -0.15) is 23.3 Å². The summed E-state index contributed by atoms with van der Waals surface area (Å²) in [6.07, 6.45) is -2.96. The summed E-state index contributed by atoms with van der Waals surface area (Å²) in [5.41, 5.74) is 5.72. The van der Waals surface area contributed by atoms with Crippen LogP contribution in [-0.2, 0) is 23.9 Å². The largest absolute Gasteiger partial charge is 0.416 e. The van der Waals surface area contributed by atoms with E-state index in [0.29, 0.717) is 22.9 Å². The zero-order valence-corrected chi connectivity index (χ0v) is 13.3. The average Bonchev–Trinajstić information content (AvgIpc) is 2.90. The molecule has 3 aromatic rings. The minimum Gasteiger partial charge on any atom is -0.383 e. The average molecular weight is 370 g/mol. The van der Waals surface area contributed by atoms with E-state index in [9.17, 15) is 18.0 Å². The number of aromatic nitrogens is 4. The number of rotatable bonds is 4. The lowest BCUT2D eigenvalue weighted by Gasteiger charge is -2.13. The highest BCUT2D eigenvalue weighted by atomic mass is 35.5. The number of hydrogen-bond donors (Lipinski definition) is 1. The molecule has 0 saturated heterocycles. The van der Waals surface area contributed by atoms with Gasteiger partial charge >= 0.3 is 6.18 Å². The Labute approximate surface area is 144 Å². The molecule has 10 heteroatoms. The molecule has 0 bridgehead atoms. The Kier molecular flexibility index (Phi) is 4.34. The van der Waals surface area contributed by atoms with Gasteiger partial charge in [0.25, 0.3) is 0 Å². The van der Waals surface area contributed by atoms with E-state index in [4.69, 9.17) is 17.3 Å². The van der Waals surface area contributed by atoms with Crippen LogP contribution in [0.5, 0.6) is 0 Å². The number of nitrogens with zero attached hydrogens (tertiary/aromatic N) is 4. The number of carbonyl (C=O) groups is 1. The van der Waals surface area contributed by atoms with Gasteiger partial charge in [-0.25, -0.2) is 9.67 Å². The summed E-state index contributed by atoms with van der Waals surface area (Å²) < 4.78 is 40.4. The van der Waals surface area contributed by atoms with Gasteiger partial charge in [0.15, 0.2) is 5.65 Å². The van der Waals surface area contributed by atoms with Crippen molar-refractivity contribution in [2.24, 2.45) is 0 Å². The smallest absolute Gasteiger partial charge is 0.383 e. The number of nitrogens with two attached hydrogens (primary N) is 1. The van der Waals surface area contributed by atoms with E-state index < -0.39 is 11.7 Å². The van der Waals surface area contributed by atoms with Crippen molar-refractivity contribution in [3.05, 3.63) is 46.4 Å². The molecule has 0 aliphatic carbocycles. The molecule has 0 spiro atoms. The van der Waals surface area contributed by atoms with Crippen LogP contribution in [0.2, 0.25) is 5.28 Å². The van der Waals surface area contributed by atoms with Crippen molar-refractivity contribution in [3.8, 4) is 0 Å². The lowest BCUT2D eigenvalue weighted by molar-refractivity contribution is -0.138. The van der Waals surface area contributed by atoms with Crippen LogP contribution < -0.4 is 5.73 Å². The Bertz CT molecular complexity index is 954. The van der Waals surface area contributed by atoms with E-state index in [2.05, 4.69) is 15.1 Å². The van der Waals surface area contributed by atoms with Crippen LogP contribution >= 0.6 is 11.6 Å². The maximum Gasteiger partial charge on any atom is 0.416 e. The third kappa shape index (κ3) is 3.41. The summed E-state index contributed by atoms with van der Waals surface area (Å²) >= 11 is 5.79. The van der Waals surface area contributed by atoms with Crippen molar-refractivity contribution < 1.29 is 18.0 Å². The molecule has 0 amide bonds. The Morgan fingerprint density at radius 1 is 1.28 bits per heavy atom. The van der Waals surface area contributed by atoms with E-state index in [1.54, 1.807) is 0 Å². The van der Waals surface area contributed by atoms with Crippen LogP contribution in [0.25, 0.3) is 11.0 Å². The quantitative estimate of drug-likeness (QED) is 0.564. The number of hydrogen-bond acceptors (Lipinski definition) is 5. The number of halogens is 4. The van der Waals surface area contributed by atoms with Gasteiger partial charge in [-0.1, -0.05) is 12.1 Å². The molecule has 6 nitrogen and oxygen atoms in total. The van der Waals surface area contributed by atoms with Gasteiger partial charge in [0.05, 0.1) is 23.7 Å². The van der Waals surface area contributed by atoms with Gasteiger partial charge in [0, 0.05) is 6.42 Å². The number of alkyl halides is 3. The molecule has 0 aliphatic heterocycles. The third-order valence-electron chi connectivity index (χ3n) is 3.61. The van der Waals surface area contributed by atoms with E-state index in [1.165, 1.54) is 23.0 Å². The van der Waals surface area contributed by atoms with Crippen LogP contribution in [0, 0.1) is 0 Å². The van der Waals surface area contributed by atoms with Gasteiger partial charge < -0.3 is 10.5 Å². The predicted molar refractivity (Wildman–Crippen MR) is 85.1 cm³/mol. The highest BCUT2D eigenvalue weighted by Gasteiger charge is 2.33. The molecule has 130 valence electrons. The summed E-state index contributed by atoms with van der Waals surface area (Å²) in [6.45, 7) is 0.139. The summed E-state index contributed by atoms with van der Waals surface area (Å²) in [6, 6.07) is 3.61. The maximum atomic E-state index is 13.0. The van der Waals surface area contributed by atoms with Crippen molar-refractivity contribution in [2.45, 2.75) is 19.1 Å². The third-order valence-corrected chi connectivity index (χ3v) is 3.78. The molecular weight excluding hydrogens is 359 g/mol. The molecule has 0 atom stereocenters. The number of anilines is 1. The monoisotopic (exact) mass is 369 g/mol. The summed E-state index contributed by atoms with van der Waals surface area (Å²) in [5.74, 6) is 0.162. The Balaban J connectivity index is 2.01. The molecule has 0 fully saturated rings. The summed E-state index contributed by atoms with van der Waals surface area (Å²) in [7, 11) is 0. The fraction of sp³-hybridized carbons (Fsp3) is 0.200. The molecule has 0 radical (unpaired) electrons. The van der Waals surface area contributed by atoms with Gasteiger partial charge in [-0.15, -0.1) is 0 Å². The second kappa shape index (κ2) is 6.32. The van der Waals surface area contributed by atoms with Crippen LogP contribution in [0.4, 0.5) is 19.0 Å². The molecule has 1 aromatic carbocycles. The second-order valence-corrected chi connectivity index (χ2v) is 5.62. The maximum absolute atomic E-state index is 13.0. The fourth-order valence-electron chi connectivity index (χ4n) is 2.52. The first kappa shape index (κ1) is 17.2. The van der Waals surface area contributed by atoms with Crippen molar-refractivity contribution in [1.29, 1.82) is 0 Å². The minimum absolute atomic E-state index is 0.0548. The lowest BCUT2D eigenvalue weighted by Crippen LogP contribution is -2.11. The number of carbonyl (C=O) groups excluding carboxylic acids is 1. The number of nitrogen functional groups attached to an aromatic ring is 1. The predicted octanol–water partition coefficient (Wildman–Crippen LogP) is 2.87. The number of aldehydes is 1. The molecule has 2 aromatic heterocycles. The first-order valence-electron chi connectivity index (χ1n) is 7.06. The normalized spacial score (nSPS) is 11.8. The highest BCUT2D eigenvalue weighted by Crippen LogP contribution is 2.33. The molecule has 3 rings (SSSR count). The zero-order valence-electron chi connectivity index (χ0n) is 12.6. The van der Waals surface area contributed by atoms with Crippen molar-refractivity contribution in [2.75, 3.05) is 5.73 Å². The molecular formula is C15H11ClF3N5O. The molecule has 0 saturated carbocycles.